The standard InChI is InChI=1S/C27H23N3O7/c1-14-9-21(31)25(34)26(37-14)24-23(15-5-4-6-16(10-15)35-2)28-27(29-24)19-12-30(13-22(32)33)20-8-7-17(36-3)11-18(19)20/h4-12,34H,13H2,1-3H3,(H,28,29)(H,32,33). The fourth-order valence-corrected chi connectivity index (χ4v) is 4.29. The van der Waals surface area contributed by atoms with Crippen LogP contribution in [0.5, 0.6) is 17.2 Å². The van der Waals surface area contributed by atoms with Crippen LogP contribution in [0.15, 0.2) is 63.9 Å². The number of benzene rings is 2. The molecule has 5 rings (SSSR count). The molecular formula is C27H23N3O7. The van der Waals surface area contributed by atoms with Crippen LogP contribution in [0.2, 0.25) is 0 Å². The Morgan fingerprint density at radius 2 is 1.86 bits per heavy atom. The number of fused-ring (bicyclic) bond motifs is 1. The number of aromatic amines is 1. The number of imidazole rings is 1. The summed E-state index contributed by atoms with van der Waals surface area (Å²) < 4.78 is 18.1. The zero-order chi connectivity index (χ0) is 26.3. The number of H-pyrrole nitrogens is 1. The van der Waals surface area contributed by atoms with Crippen molar-refractivity contribution in [3.8, 4) is 51.3 Å². The van der Waals surface area contributed by atoms with Gasteiger partial charge in [0.15, 0.2) is 5.76 Å². The lowest BCUT2D eigenvalue weighted by Crippen LogP contribution is -2.07. The number of aromatic hydroxyl groups is 1. The maximum absolute atomic E-state index is 12.4. The molecule has 3 aromatic heterocycles. The van der Waals surface area contributed by atoms with Gasteiger partial charge in [-0.05, 0) is 37.3 Å². The van der Waals surface area contributed by atoms with Crippen LogP contribution in [-0.4, -0.2) is 44.9 Å². The fraction of sp³-hybridized carbons (Fsp3) is 0.148. The Hall–Kier alpha value is -4.99. The third-order valence-corrected chi connectivity index (χ3v) is 5.97. The first kappa shape index (κ1) is 23.7. The molecule has 0 aliphatic rings. The van der Waals surface area contributed by atoms with Gasteiger partial charge in [0.2, 0.25) is 11.2 Å². The first-order chi connectivity index (χ1) is 17.8. The number of carboxylic acid groups (broad SMARTS) is 1. The highest BCUT2D eigenvalue weighted by molar-refractivity contribution is 5.97. The molecule has 0 amide bonds. The maximum Gasteiger partial charge on any atom is 0.323 e. The van der Waals surface area contributed by atoms with Crippen LogP contribution >= 0.6 is 0 Å². The van der Waals surface area contributed by atoms with Crippen LogP contribution < -0.4 is 14.9 Å². The molecule has 0 radical (unpaired) electrons. The maximum atomic E-state index is 12.4. The summed E-state index contributed by atoms with van der Waals surface area (Å²) >= 11 is 0. The van der Waals surface area contributed by atoms with E-state index in [2.05, 4.69) is 4.98 Å². The third kappa shape index (κ3) is 4.29. The van der Waals surface area contributed by atoms with Crippen molar-refractivity contribution in [2.75, 3.05) is 14.2 Å². The third-order valence-electron chi connectivity index (χ3n) is 5.97. The molecule has 0 aliphatic heterocycles. The Bertz CT molecular complexity index is 1710. The Labute approximate surface area is 210 Å². The van der Waals surface area contributed by atoms with E-state index in [9.17, 15) is 19.8 Å². The highest BCUT2D eigenvalue weighted by atomic mass is 16.5. The van der Waals surface area contributed by atoms with Crippen molar-refractivity contribution in [1.29, 1.82) is 0 Å². The Kier molecular flexibility index (Phi) is 5.92. The van der Waals surface area contributed by atoms with Crippen LogP contribution in [-0.2, 0) is 11.3 Å². The summed E-state index contributed by atoms with van der Waals surface area (Å²) in [6, 6.07) is 13.7. The van der Waals surface area contributed by atoms with E-state index in [0.29, 0.717) is 50.8 Å². The molecule has 188 valence electrons. The number of hydrogen-bond donors (Lipinski definition) is 3. The van der Waals surface area contributed by atoms with E-state index in [1.54, 1.807) is 68.3 Å². The zero-order valence-electron chi connectivity index (χ0n) is 20.2. The second-order valence-corrected chi connectivity index (χ2v) is 8.39. The molecule has 0 saturated carbocycles. The summed E-state index contributed by atoms with van der Waals surface area (Å²) in [5.41, 5.74) is 2.01. The van der Waals surface area contributed by atoms with Gasteiger partial charge in [-0.3, -0.25) is 9.59 Å². The van der Waals surface area contributed by atoms with E-state index < -0.39 is 17.1 Å². The van der Waals surface area contributed by atoms with Gasteiger partial charge in [-0.1, -0.05) is 12.1 Å². The quantitative estimate of drug-likeness (QED) is 0.297. The molecule has 0 bridgehead atoms. The number of aromatic nitrogens is 3. The average Bonchev–Trinajstić information content (AvgIpc) is 3.47. The summed E-state index contributed by atoms with van der Waals surface area (Å²) in [5.74, 6) is 0.248. The van der Waals surface area contributed by atoms with Gasteiger partial charge in [-0.15, -0.1) is 0 Å². The van der Waals surface area contributed by atoms with E-state index in [1.807, 2.05) is 6.07 Å². The highest BCUT2D eigenvalue weighted by Gasteiger charge is 2.24. The minimum atomic E-state index is -0.997. The number of hydrogen-bond acceptors (Lipinski definition) is 7. The van der Waals surface area contributed by atoms with Crippen molar-refractivity contribution in [1.82, 2.24) is 14.5 Å². The monoisotopic (exact) mass is 501 g/mol. The summed E-state index contributed by atoms with van der Waals surface area (Å²) in [4.78, 5) is 31.9. The topological polar surface area (TPSA) is 140 Å². The number of carboxylic acids is 1. The molecule has 37 heavy (non-hydrogen) atoms. The Morgan fingerprint density at radius 3 is 2.59 bits per heavy atom. The zero-order valence-corrected chi connectivity index (χ0v) is 20.2. The van der Waals surface area contributed by atoms with Crippen LogP contribution in [0.25, 0.3) is 45.0 Å². The number of methoxy groups -OCH3 is 2. The number of ether oxygens (including phenoxy) is 2. The van der Waals surface area contributed by atoms with Gasteiger partial charge in [-0.2, -0.15) is 0 Å². The van der Waals surface area contributed by atoms with Gasteiger partial charge in [0.25, 0.3) is 0 Å². The first-order valence-corrected chi connectivity index (χ1v) is 11.3. The van der Waals surface area contributed by atoms with Crippen molar-refractivity contribution >= 4 is 16.9 Å². The summed E-state index contributed by atoms with van der Waals surface area (Å²) in [6.45, 7) is 1.35. The molecule has 10 nitrogen and oxygen atoms in total. The van der Waals surface area contributed by atoms with Crippen LogP contribution in [0.1, 0.15) is 5.76 Å². The van der Waals surface area contributed by atoms with Crippen LogP contribution in [0, 0.1) is 6.92 Å². The number of nitrogens with zero attached hydrogens (tertiary/aromatic N) is 2. The minimum Gasteiger partial charge on any atom is -0.501 e. The predicted octanol–water partition coefficient (Wildman–Crippen LogP) is 4.43. The van der Waals surface area contributed by atoms with Gasteiger partial charge >= 0.3 is 5.97 Å². The molecular weight excluding hydrogens is 478 g/mol. The Morgan fingerprint density at radius 1 is 1.11 bits per heavy atom. The molecule has 0 saturated heterocycles. The van der Waals surface area contributed by atoms with E-state index in [4.69, 9.17) is 18.9 Å². The molecule has 3 heterocycles. The van der Waals surface area contributed by atoms with Crippen LogP contribution in [0.3, 0.4) is 0 Å². The van der Waals surface area contributed by atoms with Crippen molar-refractivity contribution < 1.29 is 28.9 Å². The highest BCUT2D eigenvalue weighted by Crippen LogP contribution is 2.39. The van der Waals surface area contributed by atoms with Crippen molar-refractivity contribution in [3.63, 3.8) is 0 Å². The number of carbonyl (C=O) groups is 1. The lowest BCUT2D eigenvalue weighted by molar-refractivity contribution is -0.137. The smallest absolute Gasteiger partial charge is 0.323 e. The molecule has 3 N–H and O–H groups in total. The summed E-state index contributed by atoms with van der Waals surface area (Å²) in [5, 5.41) is 20.7. The van der Waals surface area contributed by atoms with Gasteiger partial charge < -0.3 is 33.7 Å². The number of aliphatic carboxylic acids is 1. The first-order valence-electron chi connectivity index (χ1n) is 11.3. The number of nitrogens with one attached hydrogen (secondary N) is 1. The van der Waals surface area contributed by atoms with E-state index in [0.717, 1.165) is 0 Å². The molecule has 0 spiro atoms. The number of rotatable bonds is 7. The fourth-order valence-electron chi connectivity index (χ4n) is 4.29. The molecule has 5 aromatic rings. The van der Waals surface area contributed by atoms with Gasteiger partial charge in [0.05, 0.1) is 14.2 Å². The largest absolute Gasteiger partial charge is 0.501 e. The second-order valence-electron chi connectivity index (χ2n) is 8.39. The molecule has 0 fully saturated rings. The van der Waals surface area contributed by atoms with E-state index in [-0.39, 0.29) is 18.0 Å². The van der Waals surface area contributed by atoms with Crippen molar-refractivity contribution in [2.24, 2.45) is 0 Å². The van der Waals surface area contributed by atoms with E-state index >= 15 is 0 Å². The normalized spacial score (nSPS) is 11.1. The SMILES string of the molecule is COc1cccc(-c2nc(-c3cn(CC(=O)O)c4ccc(OC)cc34)[nH]c2-c2oc(C)cc(=O)c2O)c1. The average molecular weight is 501 g/mol. The predicted molar refractivity (Wildman–Crippen MR) is 136 cm³/mol. The van der Waals surface area contributed by atoms with E-state index in [1.165, 1.54) is 6.07 Å². The van der Waals surface area contributed by atoms with Gasteiger partial charge in [0, 0.05) is 34.3 Å². The molecule has 0 atom stereocenters. The van der Waals surface area contributed by atoms with Crippen molar-refractivity contribution in [3.05, 3.63) is 70.7 Å². The molecule has 10 heteroatoms. The lowest BCUT2D eigenvalue weighted by atomic mass is 10.1. The Balaban J connectivity index is 1.81. The molecule has 0 unspecified atom stereocenters. The molecule has 0 aliphatic carbocycles. The molecule has 2 aromatic carbocycles. The summed E-state index contributed by atoms with van der Waals surface area (Å²) in [7, 11) is 3.09. The van der Waals surface area contributed by atoms with Gasteiger partial charge in [0.1, 0.15) is 41.0 Å². The van der Waals surface area contributed by atoms with Crippen molar-refractivity contribution in [2.45, 2.75) is 13.5 Å². The number of aryl methyl sites for hydroxylation is 1. The van der Waals surface area contributed by atoms with Gasteiger partial charge in [-0.25, -0.2) is 4.98 Å². The minimum absolute atomic E-state index is 0.0616. The van der Waals surface area contributed by atoms with Crippen LogP contribution in [0.4, 0.5) is 0 Å². The second kappa shape index (κ2) is 9.23. The lowest BCUT2D eigenvalue weighted by Gasteiger charge is -2.06. The summed E-state index contributed by atoms with van der Waals surface area (Å²) in [6.07, 6.45) is 1.68.